The van der Waals surface area contributed by atoms with Crippen molar-refractivity contribution in [3.63, 3.8) is 0 Å². The van der Waals surface area contributed by atoms with Crippen molar-refractivity contribution in [1.29, 1.82) is 0 Å². The van der Waals surface area contributed by atoms with E-state index in [9.17, 15) is 9.59 Å². The molecule has 0 radical (unpaired) electrons. The zero-order chi connectivity index (χ0) is 19.7. The van der Waals surface area contributed by atoms with Gasteiger partial charge in [-0.3, -0.25) is 14.8 Å². The van der Waals surface area contributed by atoms with Crippen molar-refractivity contribution < 1.29 is 0 Å². The van der Waals surface area contributed by atoms with Crippen LogP contribution < -0.4 is 11.2 Å². The molecular formula is C22H20N4O2. The van der Waals surface area contributed by atoms with Crippen LogP contribution in [0.25, 0.3) is 22.3 Å². The molecule has 0 spiro atoms. The van der Waals surface area contributed by atoms with E-state index in [1.165, 1.54) is 17.3 Å². The number of aromatic nitrogens is 4. The Morgan fingerprint density at radius 2 is 1.86 bits per heavy atom. The predicted octanol–water partition coefficient (Wildman–Crippen LogP) is 3.26. The number of rotatable bonds is 4. The smallest absolute Gasteiger partial charge is 0.325 e. The van der Waals surface area contributed by atoms with Gasteiger partial charge < -0.3 is 9.55 Å². The fourth-order valence-electron chi connectivity index (χ4n) is 3.28. The number of hydrogen-bond donors (Lipinski definition) is 2. The van der Waals surface area contributed by atoms with E-state index < -0.39 is 11.2 Å². The Morgan fingerprint density at radius 3 is 2.64 bits per heavy atom. The van der Waals surface area contributed by atoms with Crippen molar-refractivity contribution in [2.24, 2.45) is 0 Å². The summed E-state index contributed by atoms with van der Waals surface area (Å²) in [5.74, 6) is 0. The Hall–Kier alpha value is -3.67. The van der Waals surface area contributed by atoms with E-state index in [1.807, 2.05) is 37.4 Å². The van der Waals surface area contributed by atoms with E-state index in [0.29, 0.717) is 11.1 Å². The monoisotopic (exact) mass is 372 g/mol. The number of nitrogens with zero attached hydrogens (tertiary/aromatic N) is 2. The quantitative estimate of drug-likeness (QED) is 0.577. The first-order chi connectivity index (χ1) is 13.5. The van der Waals surface area contributed by atoms with Crippen LogP contribution in [0, 0.1) is 13.8 Å². The van der Waals surface area contributed by atoms with Gasteiger partial charge in [-0.1, -0.05) is 24.3 Å². The third-order valence-electron chi connectivity index (χ3n) is 4.89. The highest BCUT2D eigenvalue weighted by Crippen LogP contribution is 2.27. The van der Waals surface area contributed by atoms with Crippen LogP contribution >= 0.6 is 0 Å². The maximum absolute atomic E-state index is 12.1. The summed E-state index contributed by atoms with van der Waals surface area (Å²) in [4.78, 5) is 32.6. The second-order valence-corrected chi connectivity index (χ2v) is 6.84. The van der Waals surface area contributed by atoms with Crippen LogP contribution in [-0.2, 0) is 6.54 Å². The molecule has 6 nitrogen and oxygen atoms in total. The Morgan fingerprint density at radius 1 is 1.04 bits per heavy atom. The molecule has 0 aliphatic heterocycles. The summed E-state index contributed by atoms with van der Waals surface area (Å²) in [7, 11) is 0. The Kier molecular flexibility index (Phi) is 4.53. The standard InChI is InChI=1S/C22H20N4O2/c1-14-5-3-4-6-16(14)12-26-8-7-17(13-26)19-9-18(10-23-15(19)2)20-11-24-22(28)25-21(20)27/h3-11,13H,12H2,1-2H3,(H2,24,25,27,28). The molecule has 0 fully saturated rings. The van der Waals surface area contributed by atoms with Gasteiger partial charge in [0.05, 0.1) is 5.56 Å². The third-order valence-corrected chi connectivity index (χ3v) is 4.89. The summed E-state index contributed by atoms with van der Waals surface area (Å²) in [6.45, 7) is 4.84. The van der Waals surface area contributed by atoms with Gasteiger partial charge in [0.1, 0.15) is 0 Å². The van der Waals surface area contributed by atoms with Gasteiger partial charge >= 0.3 is 5.69 Å². The molecule has 4 rings (SSSR count). The van der Waals surface area contributed by atoms with Gasteiger partial charge in [-0.25, -0.2) is 4.79 Å². The van der Waals surface area contributed by atoms with Gasteiger partial charge in [0.25, 0.3) is 5.56 Å². The first-order valence-electron chi connectivity index (χ1n) is 9.01. The highest BCUT2D eigenvalue weighted by atomic mass is 16.2. The average molecular weight is 372 g/mol. The van der Waals surface area contributed by atoms with Gasteiger partial charge in [-0.2, -0.15) is 0 Å². The lowest BCUT2D eigenvalue weighted by Crippen LogP contribution is -2.22. The van der Waals surface area contributed by atoms with Crippen molar-refractivity contribution in [2.75, 3.05) is 0 Å². The van der Waals surface area contributed by atoms with Crippen LogP contribution in [0.5, 0.6) is 0 Å². The Bertz CT molecular complexity index is 1260. The Balaban J connectivity index is 1.70. The van der Waals surface area contributed by atoms with Crippen LogP contribution in [0.15, 0.2) is 70.8 Å². The lowest BCUT2D eigenvalue weighted by molar-refractivity contribution is 0.801. The first-order valence-corrected chi connectivity index (χ1v) is 9.01. The summed E-state index contributed by atoms with van der Waals surface area (Å²) in [6, 6.07) is 12.3. The van der Waals surface area contributed by atoms with Crippen LogP contribution in [0.4, 0.5) is 0 Å². The summed E-state index contributed by atoms with van der Waals surface area (Å²) in [5, 5.41) is 0. The van der Waals surface area contributed by atoms with Crippen molar-refractivity contribution in [2.45, 2.75) is 20.4 Å². The maximum atomic E-state index is 12.1. The van der Waals surface area contributed by atoms with Gasteiger partial charge in [-0.15, -0.1) is 0 Å². The molecule has 140 valence electrons. The van der Waals surface area contributed by atoms with Crippen LogP contribution in [0.2, 0.25) is 0 Å². The average Bonchev–Trinajstić information content (AvgIpc) is 3.13. The minimum atomic E-state index is -0.526. The number of nitrogens with one attached hydrogen (secondary N) is 2. The molecule has 4 aromatic rings. The fourth-order valence-corrected chi connectivity index (χ4v) is 3.28. The molecule has 0 unspecified atom stereocenters. The normalized spacial score (nSPS) is 10.9. The van der Waals surface area contributed by atoms with Crippen molar-refractivity contribution in [3.05, 3.63) is 98.8 Å². The van der Waals surface area contributed by atoms with Gasteiger partial charge in [0.2, 0.25) is 0 Å². The molecule has 3 heterocycles. The molecule has 28 heavy (non-hydrogen) atoms. The highest BCUT2D eigenvalue weighted by molar-refractivity contribution is 5.72. The molecule has 2 N–H and O–H groups in total. The summed E-state index contributed by atoms with van der Waals surface area (Å²) in [5.41, 5.74) is 5.46. The van der Waals surface area contributed by atoms with Gasteiger partial charge in [0.15, 0.2) is 0 Å². The summed E-state index contributed by atoms with van der Waals surface area (Å²) >= 11 is 0. The van der Waals surface area contributed by atoms with E-state index >= 15 is 0 Å². The second kappa shape index (κ2) is 7.15. The fraction of sp³-hybridized carbons (Fsp3) is 0.136. The number of aromatic amines is 2. The summed E-state index contributed by atoms with van der Waals surface area (Å²) in [6.07, 6.45) is 7.19. The van der Waals surface area contributed by atoms with E-state index in [2.05, 4.69) is 44.8 Å². The zero-order valence-corrected chi connectivity index (χ0v) is 15.7. The van der Waals surface area contributed by atoms with E-state index in [4.69, 9.17) is 0 Å². The highest BCUT2D eigenvalue weighted by Gasteiger charge is 2.11. The van der Waals surface area contributed by atoms with E-state index in [0.717, 1.165) is 23.4 Å². The second-order valence-electron chi connectivity index (χ2n) is 6.84. The largest absolute Gasteiger partial charge is 0.349 e. The van der Waals surface area contributed by atoms with Crippen LogP contribution in [0.3, 0.4) is 0 Å². The topological polar surface area (TPSA) is 83.5 Å². The molecule has 0 saturated carbocycles. The molecule has 3 aromatic heterocycles. The van der Waals surface area contributed by atoms with Crippen molar-refractivity contribution in [1.82, 2.24) is 19.5 Å². The zero-order valence-electron chi connectivity index (χ0n) is 15.7. The lowest BCUT2D eigenvalue weighted by Gasteiger charge is -2.08. The number of hydrogen-bond acceptors (Lipinski definition) is 3. The molecular weight excluding hydrogens is 352 g/mol. The summed E-state index contributed by atoms with van der Waals surface area (Å²) < 4.78 is 2.14. The van der Waals surface area contributed by atoms with E-state index in [-0.39, 0.29) is 0 Å². The molecule has 6 heteroatoms. The van der Waals surface area contributed by atoms with E-state index in [1.54, 1.807) is 6.20 Å². The molecule has 0 aliphatic rings. The number of benzene rings is 1. The first kappa shape index (κ1) is 17.7. The predicted molar refractivity (Wildman–Crippen MR) is 109 cm³/mol. The lowest BCUT2D eigenvalue weighted by atomic mass is 10.0. The van der Waals surface area contributed by atoms with Gasteiger partial charge in [0, 0.05) is 53.7 Å². The molecule has 0 amide bonds. The van der Waals surface area contributed by atoms with Crippen LogP contribution in [0.1, 0.15) is 16.8 Å². The Labute approximate surface area is 161 Å². The minimum Gasteiger partial charge on any atom is -0.349 e. The SMILES string of the molecule is Cc1ccccc1Cn1ccc(-c2cc(-c3c[nH]c(=O)[nH]c3=O)cnc2C)c1. The molecule has 0 aliphatic carbocycles. The number of H-pyrrole nitrogens is 2. The minimum absolute atomic E-state index is 0.382. The maximum Gasteiger partial charge on any atom is 0.325 e. The molecule has 0 bridgehead atoms. The third kappa shape index (κ3) is 3.44. The van der Waals surface area contributed by atoms with Crippen LogP contribution in [-0.4, -0.2) is 19.5 Å². The van der Waals surface area contributed by atoms with Crippen molar-refractivity contribution >= 4 is 0 Å². The molecule has 1 aromatic carbocycles. The molecule has 0 saturated heterocycles. The van der Waals surface area contributed by atoms with Crippen molar-refractivity contribution in [3.8, 4) is 22.3 Å². The number of aryl methyl sites for hydroxylation is 2. The molecule has 0 atom stereocenters. The van der Waals surface area contributed by atoms with Gasteiger partial charge in [-0.05, 0) is 37.1 Å². The number of pyridine rings is 1.